The van der Waals surface area contributed by atoms with Gasteiger partial charge in [-0.3, -0.25) is 0 Å². The Kier molecular flexibility index (Phi) is 5.25. The molecule has 0 saturated heterocycles. The van der Waals surface area contributed by atoms with E-state index in [0.29, 0.717) is 5.92 Å². The van der Waals surface area contributed by atoms with Gasteiger partial charge in [-0.1, -0.05) is 127 Å². The Hall–Kier alpha value is -4.76. The summed E-state index contributed by atoms with van der Waals surface area (Å²) in [5.74, 6) is 0.588. The molecule has 6 aromatic carbocycles. The van der Waals surface area contributed by atoms with E-state index in [1.54, 1.807) is 0 Å². The molecule has 0 N–H and O–H groups in total. The van der Waals surface area contributed by atoms with Gasteiger partial charge >= 0.3 is 0 Å². The topological polar surface area (TPSA) is 0 Å². The average Bonchev–Trinajstić information content (AvgIpc) is 3.67. The van der Waals surface area contributed by atoms with E-state index in [1.165, 1.54) is 84.9 Å². The van der Waals surface area contributed by atoms with Crippen molar-refractivity contribution < 1.29 is 0 Å². The van der Waals surface area contributed by atoms with Crippen molar-refractivity contribution in [3.63, 3.8) is 0 Å². The summed E-state index contributed by atoms with van der Waals surface area (Å²) in [6.45, 7) is 0. The molecule has 2 heterocycles. The van der Waals surface area contributed by atoms with Crippen molar-refractivity contribution >= 4 is 68.6 Å². The number of hydrogen-bond donors (Lipinski definition) is 0. The van der Waals surface area contributed by atoms with Gasteiger partial charge in [0.05, 0.1) is 0 Å². The van der Waals surface area contributed by atoms with Crippen LogP contribution in [-0.2, 0) is 0 Å². The highest BCUT2D eigenvalue weighted by atomic mass is 32.1. The Bertz CT molecular complexity index is 2520. The number of thiophene rings is 2. The normalized spacial score (nSPS) is 17.1. The van der Waals surface area contributed by atoms with Crippen molar-refractivity contribution in [2.75, 3.05) is 0 Å². The third-order valence-corrected chi connectivity index (χ3v) is 12.1. The predicted octanol–water partition coefficient (Wildman–Crippen LogP) is 12.6. The summed E-state index contributed by atoms with van der Waals surface area (Å²) in [5.41, 5.74) is 10.9. The molecule has 206 valence electrons. The molecule has 2 heteroatoms. The van der Waals surface area contributed by atoms with E-state index in [0.717, 1.165) is 0 Å². The van der Waals surface area contributed by atoms with E-state index in [2.05, 4.69) is 146 Å². The second kappa shape index (κ2) is 9.37. The van der Waals surface area contributed by atoms with Crippen molar-refractivity contribution in [1.29, 1.82) is 0 Å². The van der Waals surface area contributed by atoms with Gasteiger partial charge in [0.2, 0.25) is 0 Å². The standard InChI is InChI=1S/C42H26S2/c1-2-10-30-29(9-1)31-21-19-25(27-13-7-15-35-33-11-3-5-17-39(33)43-41(27)35)23-37(31)38-24-26(20-22-32(30)38)28-14-8-16-36-34-12-4-6-18-40(34)44-42(28)36/h1-24,31,37H. The molecule has 0 nitrogen and oxygen atoms in total. The van der Waals surface area contributed by atoms with Crippen LogP contribution >= 0.6 is 22.7 Å². The summed E-state index contributed by atoms with van der Waals surface area (Å²) in [5, 5.41) is 5.40. The quantitative estimate of drug-likeness (QED) is 0.187. The Labute approximate surface area is 263 Å². The predicted molar refractivity (Wildman–Crippen MR) is 192 cm³/mol. The zero-order valence-corrected chi connectivity index (χ0v) is 25.5. The Balaban J connectivity index is 1.18. The molecule has 8 aromatic rings. The molecule has 2 atom stereocenters. The van der Waals surface area contributed by atoms with Gasteiger partial charge in [0.1, 0.15) is 0 Å². The van der Waals surface area contributed by atoms with Crippen LogP contribution in [0.25, 0.3) is 68.2 Å². The van der Waals surface area contributed by atoms with Gasteiger partial charge in [0.15, 0.2) is 0 Å². The first-order chi connectivity index (χ1) is 21.8. The number of rotatable bonds is 2. The highest BCUT2D eigenvalue weighted by Gasteiger charge is 2.33. The molecule has 0 bridgehead atoms. The van der Waals surface area contributed by atoms with Gasteiger partial charge in [-0.2, -0.15) is 0 Å². The minimum atomic E-state index is 0.270. The number of benzene rings is 6. The maximum Gasteiger partial charge on any atom is 0.0433 e. The lowest BCUT2D eigenvalue weighted by atomic mass is 9.68. The third-order valence-electron chi connectivity index (χ3n) is 9.68. The van der Waals surface area contributed by atoms with Gasteiger partial charge in [0, 0.05) is 52.2 Å². The molecule has 0 aliphatic heterocycles. The van der Waals surface area contributed by atoms with Crippen molar-refractivity contribution in [3.05, 3.63) is 162 Å². The fraction of sp³-hybridized carbons (Fsp3) is 0.0476. The molecular formula is C42H26S2. The van der Waals surface area contributed by atoms with Gasteiger partial charge < -0.3 is 0 Å². The van der Waals surface area contributed by atoms with E-state index < -0.39 is 0 Å². The van der Waals surface area contributed by atoms with Crippen LogP contribution in [0.2, 0.25) is 0 Å². The number of allylic oxidation sites excluding steroid dienone is 4. The van der Waals surface area contributed by atoms with Crippen molar-refractivity contribution in [2.24, 2.45) is 0 Å². The molecule has 2 aromatic heterocycles. The summed E-state index contributed by atoms with van der Waals surface area (Å²) < 4.78 is 5.45. The minimum absolute atomic E-state index is 0.270. The lowest BCUT2D eigenvalue weighted by Gasteiger charge is -2.35. The van der Waals surface area contributed by atoms with Crippen molar-refractivity contribution in [3.8, 4) is 22.3 Å². The van der Waals surface area contributed by atoms with Crippen LogP contribution in [0.3, 0.4) is 0 Å². The third kappa shape index (κ3) is 3.50. The maximum absolute atomic E-state index is 2.56. The molecule has 10 rings (SSSR count). The highest BCUT2D eigenvalue weighted by Crippen LogP contribution is 2.53. The lowest BCUT2D eigenvalue weighted by molar-refractivity contribution is 0.723. The molecule has 2 unspecified atom stereocenters. The fourth-order valence-corrected chi connectivity index (χ4v) is 10.1. The second-order valence-corrected chi connectivity index (χ2v) is 14.1. The monoisotopic (exact) mass is 594 g/mol. The van der Waals surface area contributed by atoms with Gasteiger partial charge in [-0.15, -0.1) is 22.7 Å². The van der Waals surface area contributed by atoms with E-state index >= 15 is 0 Å². The number of fused-ring (bicyclic) bond motifs is 12. The van der Waals surface area contributed by atoms with Crippen LogP contribution in [0.4, 0.5) is 0 Å². The largest absolute Gasteiger partial charge is 0.135 e. The molecule has 44 heavy (non-hydrogen) atoms. The maximum atomic E-state index is 2.56. The highest BCUT2D eigenvalue weighted by molar-refractivity contribution is 7.26. The van der Waals surface area contributed by atoms with Crippen LogP contribution in [0.1, 0.15) is 28.5 Å². The van der Waals surface area contributed by atoms with Gasteiger partial charge in [-0.05, 0) is 62.7 Å². The van der Waals surface area contributed by atoms with Crippen molar-refractivity contribution in [1.82, 2.24) is 0 Å². The van der Waals surface area contributed by atoms with Crippen LogP contribution in [0, 0.1) is 0 Å². The fourth-order valence-electron chi connectivity index (χ4n) is 7.67. The summed E-state index contributed by atoms with van der Waals surface area (Å²) in [4.78, 5) is 0. The summed E-state index contributed by atoms with van der Waals surface area (Å²) in [7, 11) is 0. The average molecular weight is 595 g/mol. The summed E-state index contributed by atoms with van der Waals surface area (Å²) in [6, 6.07) is 47.5. The minimum Gasteiger partial charge on any atom is -0.135 e. The lowest BCUT2D eigenvalue weighted by Crippen LogP contribution is -2.17. The Morgan fingerprint density at radius 3 is 1.80 bits per heavy atom. The first-order valence-electron chi connectivity index (χ1n) is 15.3. The molecule has 2 aliphatic rings. The summed E-state index contributed by atoms with van der Waals surface area (Å²) >= 11 is 3.82. The summed E-state index contributed by atoms with van der Waals surface area (Å²) in [6.07, 6.45) is 7.40. The Morgan fingerprint density at radius 2 is 1.02 bits per heavy atom. The molecular weight excluding hydrogens is 569 g/mol. The zero-order valence-electron chi connectivity index (χ0n) is 23.8. The molecule has 2 aliphatic carbocycles. The van der Waals surface area contributed by atoms with Crippen LogP contribution in [0.5, 0.6) is 0 Å². The second-order valence-electron chi connectivity index (χ2n) is 12.0. The molecule has 0 amide bonds. The van der Waals surface area contributed by atoms with E-state index in [1.807, 2.05) is 22.7 Å². The van der Waals surface area contributed by atoms with E-state index in [-0.39, 0.29) is 5.92 Å². The SMILES string of the molecule is C1=CC2c3ccccc3-c3ccc(-c4cccc5c4sc4ccccc45)cc3C2C=C1c1cccc2c1sc1ccccc12. The van der Waals surface area contributed by atoms with Crippen molar-refractivity contribution in [2.45, 2.75) is 11.8 Å². The van der Waals surface area contributed by atoms with Gasteiger partial charge in [0.25, 0.3) is 0 Å². The van der Waals surface area contributed by atoms with Gasteiger partial charge in [-0.25, -0.2) is 0 Å². The molecule has 0 radical (unpaired) electrons. The van der Waals surface area contributed by atoms with Crippen LogP contribution in [-0.4, -0.2) is 0 Å². The first-order valence-corrected chi connectivity index (χ1v) is 16.9. The molecule has 0 saturated carbocycles. The first kappa shape index (κ1) is 24.7. The Morgan fingerprint density at radius 1 is 0.432 bits per heavy atom. The molecule has 0 fully saturated rings. The number of hydrogen-bond acceptors (Lipinski definition) is 2. The van der Waals surface area contributed by atoms with E-state index in [9.17, 15) is 0 Å². The zero-order chi connectivity index (χ0) is 28.8. The van der Waals surface area contributed by atoms with E-state index in [4.69, 9.17) is 0 Å². The van der Waals surface area contributed by atoms with Crippen LogP contribution in [0.15, 0.2) is 146 Å². The molecule has 0 spiro atoms. The van der Waals surface area contributed by atoms with Crippen LogP contribution < -0.4 is 0 Å². The smallest absolute Gasteiger partial charge is 0.0433 e.